The van der Waals surface area contributed by atoms with Crippen LogP contribution >= 0.6 is 0 Å². The maximum atomic E-state index is 12.3. The monoisotopic (exact) mass is 463 g/mol. The van der Waals surface area contributed by atoms with Gasteiger partial charge in [-0.05, 0) is 86.6 Å². The van der Waals surface area contributed by atoms with E-state index in [1.807, 2.05) is 51.1 Å². The Morgan fingerprint density at radius 3 is 2.47 bits per heavy atom. The first-order valence-corrected chi connectivity index (χ1v) is 11.9. The predicted molar refractivity (Wildman–Crippen MR) is 131 cm³/mol. The molecule has 1 aliphatic carbocycles. The molecule has 2 aromatic carbocycles. The minimum Gasteiger partial charge on any atom is -0.489 e. The van der Waals surface area contributed by atoms with Crippen LogP contribution in [-0.2, 0) is 16.0 Å². The van der Waals surface area contributed by atoms with Crippen LogP contribution in [0.5, 0.6) is 11.5 Å². The van der Waals surface area contributed by atoms with Crippen LogP contribution in [0.3, 0.4) is 0 Å². The van der Waals surface area contributed by atoms with Crippen LogP contribution in [0.25, 0.3) is 5.57 Å². The van der Waals surface area contributed by atoms with Crippen molar-refractivity contribution in [1.82, 2.24) is 4.90 Å². The third-order valence-electron chi connectivity index (χ3n) is 5.89. The van der Waals surface area contributed by atoms with Crippen molar-refractivity contribution in [3.05, 3.63) is 65.2 Å². The Morgan fingerprint density at radius 2 is 1.76 bits per heavy atom. The van der Waals surface area contributed by atoms with Gasteiger partial charge in [0.2, 0.25) is 0 Å². The molecule has 180 valence electrons. The van der Waals surface area contributed by atoms with E-state index in [9.17, 15) is 9.59 Å². The summed E-state index contributed by atoms with van der Waals surface area (Å²) in [4.78, 5) is 25.3. The third kappa shape index (κ3) is 5.99. The van der Waals surface area contributed by atoms with E-state index in [0.717, 1.165) is 37.0 Å². The Kier molecular flexibility index (Phi) is 6.96. The molecule has 1 fully saturated rings. The molecule has 34 heavy (non-hydrogen) atoms. The van der Waals surface area contributed by atoms with Crippen molar-refractivity contribution in [2.24, 2.45) is 0 Å². The second kappa shape index (κ2) is 9.92. The third-order valence-corrected chi connectivity index (χ3v) is 5.89. The zero-order chi connectivity index (χ0) is 24.3. The topological polar surface area (TPSA) is 65.1 Å². The molecule has 2 aliphatic rings. The molecule has 0 aromatic heterocycles. The van der Waals surface area contributed by atoms with Gasteiger partial charge in [-0.3, -0.25) is 4.79 Å². The number of nitrogens with zero attached hydrogens (tertiary/aromatic N) is 1. The molecule has 1 heterocycles. The van der Waals surface area contributed by atoms with Gasteiger partial charge in [0.1, 0.15) is 23.2 Å². The van der Waals surface area contributed by atoms with Gasteiger partial charge in [0.25, 0.3) is 0 Å². The number of carbonyl (C=O) groups excluding carboxylic acids is 2. The molecule has 0 saturated carbocycles. The van der Waals surface area contributed by atoms with E-state index in [4.69, 9.17) is 14.2 Å². The lowest BCUT2D eigenvalue weighted by Gasteiger charge is -2.24. The summed E-state index contributed by atoms with van der Waals surface area (Å²) in [7, 11) is 0. The van der Waals surface area contributed by atoms with Crippen LogP contribution in [0.2, 0.25) is 0 Å². The number of hydrogen-bond donors (Lipinski definition) is 0. The average molecular weight is 464 g/mol. The van der Waals surface area contributed by atoms with Crippen molar-refractivity contribution in [3.63, 3.8) is 0 Å². The number of rotatable bonds is 4. The van der Waals surface area contributed by atoms with Gasteiger partial charge in [0, 0.05) is 19.9 Å². The van der Waals surface area contributed by atoms with Crippen molar-refractivity contribution >= 4 is 17.6 Å². The summed E-state index contributed by atoms with van der Waals surface area (Å²) >= 11 is 0. The fourth-order valence-corrected chi connectivity index (χ4v) is 4.41. The quantitative estimate of drug-likeness (QED) is 0.426. The number of ether oxygens (including phenoxy) is 3. The standard InChI is InChI=1S/C28H33NO5/c1-19(30)32-23-13-14-26-21(17-23)7-5-6-8-25(26)20-9-11-22(12-10-20)33-24-15-16-29(18-24)27(31)34-28(2,3)4/h8-14,17,24H,5-7,15-16,18H2,1-4H3/t24-/m0/s1. The van der Waals surface area contributed by atoms with Crippen molar-refractivity contribution in [1.29, 1.82) is 0 Å². The molecule has 1 aliphatic heterocycles. The van der Waals surface area contributed by atoms with Crippen LogP contribution in [0, 0.1) is 0 Å². The maximum Gasteiger partial charge on any atom is 0.410 e. The number of benzene rings is 2. The molecule has 0 spiro atoms. The molecule has 1 saturated heterocycles. The number of aryl methyl sites for hydroxylation is 1. The predicted octanol–water partition coefficient (Wildman–Crippen LogP) is 5.77. The van der Waals surface area contributed by atoms with E-state index >= 15 is 0 Å². The lowest BCUT2D eigenvalue weighted by molar-refractivity contribution is -0.131. The highest BCUT2D eigenvalue weighted by atomic mass is 16.6. The maximum absolute atomic E-state index is 12.3. The number of amides is 1. The van der Waals surface area contributed by atoms with Gasteiger partial charge < -0.3 is 19.1 Å². The van der Waals surface area contributed by atoms with Crippen molar-refractivity contribution < 1.29 is 23.8 Å². The Bertz CT molecular complexity index is 1080. The second-order valence-electron chi connectivity index (χ2n) is 9.90. The first kappa shape index (κ1) is 23.9. The molecule has 2 aromatic rings. The second-order valence-corrected chi connectivity index (χ2v) is 9.90. The highest BCUT2D eigenvalue weighted by Gasteiger charge is 2.30. The van der Waals surface area contributed by atoms with Crippen LogP contribution in [0.1, 0.15) is 63.6 Å². The van der Waals surface area contributed by atoms with Crippen LogP contribution in [-0.4, -0.2) is 41.8 Å². The highest BCUT2D eigenvalue weighted by molar-refractivity contribution is 5.82. The lowest BCUT2D eigenvalue weighted by atomic mass is 9.93. The minimum atomic E-state index is -0.501. The van der Waals surface area contributed by atoms with Crippen LogP contribution < -0.4 is 9.47 Å². The Labute approximate surface area is 201 Å². The molecule has 0 unspecified atom stereocenters. The fraction of sp³-hybridized carbons (Fsp3) is 0.429. The number of likely N-dealkylation sites (tertiary alicyclic amines) is 1. The fourth-order valence-electron chi connectivity index (χ4n) is 4.41. The molecule has 1 atom stereocenters. The minimum absolute atomic E-state index is 0.0455. The number of hydrogen-bond acceptors (Lipinski definition) is 5. The summed E-state index contributed by atoms with van der Waals surface area (Å²) in [5.74, 6) is 1.07. The summed E-state index contributed by atoms with van der Waals surface area (Å²) in [5.41, 5.74) is 4.17. The normalized spacial score (nSPS) is 17.9. The number of fused-ring (bicyclic) bond motifs is 1. The summed E-state index contributed by atoms with van der Waals surface area (Å²) in [6, 6.07) is 14.0. The van der Waals surface area contributed by atoms with Crippen molar-refractivity contribution in [3.8, 4) is 11.5 Å². The van der Waals surface area contributed by atoms with Crippen molar-refractivity contribution in [2.75, 3.05) is 13.1 Å². The summed E-state index contributed by atoms with van der Waals surface area (Å²) in [6.07, 6.45) is 5.72. The largest absolute Gasteiger partial charge is 0.489 e. The molecule has 0 bridgehead atoms. The number of carbonyl (C=O) groups is 2. The lowest BCUT2D eigenvalue weighted by Crippen LogP contribution is -2.36. The van der Waals surface area contributed by atoms with E-state index < -0.39 is 5.60 Å². The van der Waals surface area contributed by atoms with E-state index in [1.165, 1.54) is 23.6 Å². The Hall–Kier alpha value is -3.28. The molecular formula is C28H33NO5. The summed E-state index contributed by atoms with van der Waals surface area (Å²) in [5, 5.41) is 0. The van der Waals surface area contributed by atoms with E-state index in [-0.39, 0.29) is 18.2 Å². The zero-order valence-corrected chi connectivity index (χ0v) is 20.4. The van der Waals surface area contributed by atoms with Gasteiger partial charge in [-0.1, -0.05) is 24.3 Å². The smallest absolute Gasteiger partial charge is 0.410 e. The molecule has 0 N–H and O–H groups in total. The Balaban J connectivity index is 1.43. The first-order chi connectivity index (χ1) is 16.2. The summed E-state index contributed by atoms with van der Waals surface area (Å²) < 4.78 is 16.9. The van der Waals surface area contributed by atoms with Gasteiger partial charge in [-0.2, -0.15) is 0 Å². The van der Waals surface area contributed by atoms with Gasteiger partial charge in [-0.25, -0.2) is 4.79 Å². The van der Waals surface area contributed by atoms with Crippen LogP contribution in [0.15, 0.2) is 48.5 Å². The molecular weight excluding hydrogens is 430 g/mol. The SMILES string of the molecule is CC(=O)Oc1ccc2c(c1)CCCC=C2c1ccc(O[C@H]2CCN(C(=O)OC(C)(C)C)C2)cc1. The molecule has 4 rings (SSSR count). The first-order valence-electron chi connectivity index (χ1n) is 11.9. The van der Waals surface area contributed by atoms with Gasteiger partial charge in [0.15, 0.2) is 0 Å². The number of esters is 1. The van der Waals surface area contributed by atoms with Crippen molar-refractivity contribution in [2.45, 2.75) is 65.1 Å². The molecule has 0 radical (unpaired) electrons. The van der Waals surface area contributed by atoms with E-state index in [0.29, 0.717) is 18.8 Å². The molecule has 1 amide bonds. The van der Waals surface area contributed by atoms with Crippen LogP contribution in [0.4, 0.5) is 4.79 Å². The van der Waals surface area contributed by atoms with E-state index in [2.05, 4.69) is 18.2 Å². The van der Waals surface area contributed by atoms with Gasteiger partial charge in [0.05, 0.1) is 6.54 Å². The van der Waals surface area contributed by atoms with Gasteiger partial charge in [-0.15, -0.1) is 0 Å². The average Bonchev–Trinajstić information content (AvgIpc) is 3.12. The Morgan fingerprint density at radius 1 is 1.03 bits per heavy atom. The number of allylic oxidation sites excluding steroid dienone is 1. The molecule has 6 nitrogen and oxygen atoms in total. The highest BCUT2D eigenvalue weighted by Crippen LogP contribution is 2.34. The van der Waals surface area contributed by atoms with Gasteiger partial charge >= 0.3 is 12.1 Å². The summed E-state index contributed by atoms with van der Waals surface area (Å²) in [6.45, 7) is 8.20. The van der Waals surface area contributed by atoms with E-state index in [1.54, 1.807) is 4.90 Å². The zero-order valence-electron chi connectivity index (χ0n) is 20.4. The molecule has 6 heteroatoms.